The van der Waals surface area contributed by atoms with Gasteiger partial charge in [0.25, 0.3) is 0 Å². The molecule has 0 amide bonds. The van der Waals surface area contributed by atoms with Crippen LogP contribution in [0.2, 0.25) is 0 Å². The van der Waals surface area contributed by atoms with Crippen LogP contribution in [0.5, 0.6) is 0 Å². The minimum atomic E-state index is -0.639. The molecular formula is C11H16ClNO2. The van der Waals surface area contributed by atoms with Gasteiger partial charge >= 0.3 is 5.97 Å². The number of hydrogen-bond acceptors (Lipinski definition) is 2. The molecule has 2 rings (SSSR count). The highest BCUT2D eigenvalue weighted by molar-refractivity contribution is 6.25. The maximum atomic E-state index is 11.0. The Balaban J connectivity index is 2.06. The van der Waals surface area contributed by atoms with E-state index >= 15 is 0 Å². The quantitative estimate of drug-likeness (QED) is 0.806. The van der Waals surface area contributed by atoms with Crippen LogP contribution < -0.4 is 0 Å². The average molecular weight is 230 g/mol. The van der Waals surface area contributed by atoms with Crippen molar-refractivity contribution in [3.63, 3.8) is 0 Å². The molecule has 2 saturated heterocycles. The fraction of sp³-hybridized carbons (Fsp3) is 0.727. The third-order valence-electron chi connectivity index (χ3n) is 3.62. The van der Waals surface area contributed by atoms with Crippen molar-refractivity contribution in [3.05, 3.63) is 11.1 Å². The van der Waals surface area contributed by atoms with Gasteiger partial charge in [0.15, 0.2) is 0 Å². The normalized spacial score (nSPS) is 36.1. The Bertz CT molecular complexity index is 303. The van der Waals surface area contributed by atoms with E-state index in [9.17, 15) is 4.79 Å². The first-order chi connectivity index (χ1) is 7.13. The van der Waals surface area contributed by atoms with Crippen LogP contribution >= 0.6 is 11.6 Å². The van der Waals surface area contributed by atoms with Crippen LogP contribution in [0, 0.1) is 5.92 Å². The zero-order valence-electron chi connectivity index (χ0n) is 8.82. The molecule has 2 fully saturated rings. The second-order valence-electron chi connectivity index (χ2n) is 4.61. The molecule has 15 heavy (non-hydrogen) atoms. The monoisotopic (exact) mass is 229 g/mol. The number of carboxylic acids is 1. The molecule has 2 aliphatic rings. The molecule has 0 spiro atoms. The van der Waals surface area contributed by atoms with Crippen molar-refractivity contribution < 1.29 is 9.90 Å². The van der Waals surface area contributed by atoms with E-state index in [2.05, 4.69) is 4.90 Å². The molecule has 2 bridgehead atoms. The lowest BCUT2D eigenvalue weighted by Crippen LogP contribution is -2.34. The molecule has 1 N–H and O–H groups in total. The van der Waals surface area contributed by atoms with Crippen LogP contribution in [0.4, 0.5) is 0 Å². The molecule has 0 saturated carbocycles. The van der Waals surface area contributed by atoms with Gasteiger partial charge in [0, 0.05) is 24.2 Å². The van der Waals surface area contributed by atoms with Gasteiger partial charge in [0.1, 0.15) is 0 Å². The van der Waals surface area contributed by atoms with Gasteiger partial charge in [-0.3, -0.25) is 9.69 Å². The molecule has 84 valence electrons. The van der Waals surface area contributed by atoms with Gasteiger partial charge in [0.05, 0.1) is 5.92 Å². The van der Waals surface area contributed by atoms with Gasteiger partial charge in [-0.25, -0.2) is 0 Å². The molecule has 3 nitrogen and oxygen atoms in total. The smallest absolute Gasteiger partial charge is 0.308 e. The van der Waals surface area contributed by atoms with Gasteiger partial charge in [0.2, 0.25) is 0 Å². The summed E-state index contributed by atoms with van der Waals surface area (Å²) in [5, 5.41) is 9.08. The third-order valence-corrected chi connectivity index (χ3v) is 3.99. The fourth-order valence-corrected chi connectivity index (χ4v) is 3.00. The van der Waals surface area contributed by atoms with E-state index in [4.69, 9.17) is 16.7 Å². The van der Waals surface area contributed by atoms with Crippen LogP contribution in [0.1, 0.15) is 26.2 Å². The highest BCUT2D eigenvalue weighted by Gasteiger charge is 2.48. The van der Waals surface area contributed by atoms with Crippen molar-refractivity contribution in [3.8, 4) is 0 Å². The topological polar surface area (TPSA) is 40.5 Å². The van der Waals surface area contributed by atoms with Gasteiger partial charge in [-0.15, -0.1) is 0 Å². The Morgan fingerprint density at radius 3 is 2.87 bits per heavy atom. The molecule has 0 radical (unpaired) electrons. The second-order valence-corrected chi connectivity index (χ2v) is 4.82. The van der Waals surface area contributed by atoms with Gasteiger partial charge in [-0.2, -0.15) is 0 Å². The molecule has 0 aromatic rings. The first-order valence-electron chi connectivity index (χ1n) is 5.38. The summed E-state index contributed by atoms with van der Waals surface area (Å²) in [6.07, 6.45) is 2.98. The summed E-state index contributed by atoms with van der Waals surface area (Å²) in [5.74, 6) is -0.799. The van der Waals surface area contributed by atoms with Crippen molar-refractivity contribution in [2.24, 2.45) is 5.92 Å². The Morgan fingerprint density at radius 2 is 2.33 bits per heavy atom. The highest BCUT2D eigenvalue weighted by atomic mass is 35.5. The van der Waals surface area contributed by atoms with Gasteiger partial charge < -0.3 is 5.11 Å². The molecular weight excluding hydrogens is 214 g/mol. The fourth-order valence-electron chi connectivity index (χ4n) is 2.94. The predicted octanol–water partition coefficient (Wildman–Crippen LogP) is 2.07. The van der Waals surface area contributed by atoms with Crippen LogP contribution in [-0.4, -0.2) is 34.6 Å². The van der Waals surface area contributed by atoms with E-state index in [-0.39, 0.29) is 12.0 Å². The summed E-state index contributed by atoms with van der Waals surface area (Å²) in [6, 6.07) is 0.696. The predicted molar refractivity (Wildman–Crippen MR) is 58.9 cm³/mol. The number of aliphatic carboxylic acids is 1. The Morgan fingerprint density at radius 1 is 1.60 bits per heavy atom. The van der Waals surface area contributed by atoms with Gasteiger partial charge in [-0.05, 0) is 31.8 Å². The minimum absolute atomic E-state index is 0.160. The Hall–Kier alpha value is -0.540. The second kappa shape index (κ2) is 4.14. The molecule has 2 aliphatic heterocycles. The lowest BCUT2D eigenvalue weighted by molar-refractivity contribution is -0.142. The third kappa shape index (κ3) is 1.91. The minimum Gasteiger partial charge on any atom is -0.481 e. The van der Waals surface area contributed by atoms with Crippen molar-refractivity contribution in [2.75, 3.05) is 6.54 Å². The molecule has 0 aromatic heterocycles. The summed E-state index contributed by atoms with van der Waals surface area (Å²) >= 11 is 5.64. The maximum Gasteiger partial charge on any atom is 0.308 e. The number of fused-ring (bicyclic) bond motifs is 2. The van der Waals surface area contributed by atoms with Crippen LogP contribution in [0.25, 0.3) is 0 Å². The van der Waals surface area contributed by atoms with E-state index in [1.165, 1.54) is 0 Å². The number of halogens is 1. The molecule has 0 aliphatic carbocycles. The number of carboxylic acid groups (broad SMARTS) is 1. The molecule has 3 atom stereocenters. The number of rotatable bonds is 3. The van der Waals surface area contributed by atoms with E-state index in [1.54, 1.807) is 5.54 Å². The van der Waals surface area contributed by atoms with Crippen molar-refractivity contribution in [1.82, 2.24) is 4.90 Å². The van der Waals surface area contributed by atoms with E-state index in [1.807, 2.05) is 6.92 Å². The number of hydrogen-bond donors (Lipinski definition) is 1. The largest absolute Gasteiger partial charge is 0.481 e. The van der Waals surface area contributed by atoms with Crippen molar-refractivity contribution in [1.29, 1.82) is 0 Å². The molecule has 3 unspecified atom stereocenters. The zero-order valence-corrected chi connectivity index (χ0v) is 9.57. The van der Waals surface area contributed by atoms with E-state index in [0.29, 0.717) is 6.04 Å². The highest BCUT2D eigenvalue weighted by Crippen LogP contribution is 2.41. The molecule has 2 heterocycles. The first kappa shape index (κ1) is 11.0. The summed E-state index contributed by atoms with van der Waals surface area (Å²) in [7, 11) is 0. The Labute approximate surface area is 94.7 Å². The summed E-state index contributed by atoms with van der Waals surface area (Å²) in [5.41, 5.74) is 2.70. The van der Waals surface area contributed by atoms with E-state index in [0.717, 1.165) is 31.4 Å². The SMILES string of the molecule is CC(=CCl)CN1C2CCC1C(C(=O)O)C2. The summed E-state index contributed by atoms with van der Waals surface area (Å²) in [6.45, 7) is 2.81. The standard InChI is InChI=1S/C11H16ClNO2/c1-7(5-12)6-13-8-2-3-10(13)9(4-8)11(14)15/h5,8-10H,2-4,6H2,1H3,(H,14,15). The first-order valence-corrected chi connectivity index (χ1v) is 5.81. The molecule has 0 aromatic carbocycles. The number of nitrogens with zero attached hydrogens (tertiary/aromatic N) is 1. The maximum absolute atomic E-state index is 11.0. The lowest BCUT2D eigenvalue weighted by atomic mass is 9.89. The Kier molecular flexibility index (Phi) is 3.03. The zero-order chi connectivity index (χ0) is 11.0. The van der Waals surface area contributed by atoms with Crippen LogP contribution in [0.3, 0.4) is 0 Å². The summed E-state index contributed by atoms with van der Waals surface area (Å²) < 4.78 is 0. The molecule has 4 heteroatoms. The average Bonchev–Trinajstić information content (AvgIpc) is 2.75. The van der Waals surface area contributed by atoms with Gasteiger partial charge in [-0.1, -0.05) is 11.6 Å². The summed E-state index contributed by atoms with van der Waals surface area (Å²) in [4.78, 5) is 13.3. The van der Waals surface area contributed by atoms with E-state index < -0.39 is 5.97 Å². The van der Waals surface area contributed by atoms with Crippen molar-refractivity contribution in [2.45, 2.75) is 38.3 Å². The van der Waals surface area contributed by atoms with Crippen LogP contribution in [0.15, 0.2) is 11.1 Å². The van der Waals surface area contributed by atoms with Crippen molar-refractivity contribution >= 4 is 17.6 Å². The lowest BCUT2D eigenvalue weighted by Gasteiger charge is -2.22. The van der Waals surface area contributed by atoms with Crippen LogP contribution in [-0.2, 0) is 4.79 Å². The number of carbonyl (C=O) groups is 1.